The van der Waals surface area contributed by atoms with Crippen molar-refractivity contribution in [3.63, 3.8) is 0 Å². The van der Waals surface area contributed by atoms with Gasteiger partial charge in [0.25, 0.3) is 5.91 Å². The molecular formula is C32H38F3N5O6S. The summed E-state index contributed by atoms with van der Waals surface area (Å²) in [6.45, 7) is 9.71. The van der Waals surface area contributed by atoms with Crippen LogP contribution in [0.25, 0.3) is 11.4 Å². The van der Waals surface area contributed by atoms with Gasteiger partial charge in [0, 0.05) is 12.1 Å². The maximum Gasteiger partial charge on any atom is 0.420 e. The summed E-state index contributed by atoms with van der Waals surface area (Å²) in [7, 11) is -3.84. The van der Waals surface area contributed by atoms with E-state index in [1.807, 2.05) is 0 Å². The second kappa shape index (κ2) is 13.3. The van der Waals surface area contributed by atoms with Gasteiger partial charge in [0.1, 0.15) is 28.5 Å². The van der Waals surface area contributed by atoms with Crippen molar-refractivity contribution in [3.8, 4) is 22.9 Å². The summed E-state index contributed by atoms with van der Waals surface area (Å²) in [5, 5.41) is 3.80. The number of alkyl halides is 3. The number of ether oxygens (including phenoxy) is 1. The fraction of sp³-hybridized carbons (Fsp3) is 0.500. The van der Waals surface area contributed by atoms with Crippen LogP contribution in [0.4, 0.5) is 18.0 Å². The van der Waals surface area contributed by atoms with E-state index in [4.69, 9.17) is 9.26 Å². The number of sulfone groups is 1. The molecule has 0 spiro atoms. The van der Waals surface area contributed by atoms with Gasteiger partial charge in [0.05, 0.1) is 11.3 Å². The molecule has 3 amide bonds. The molecular weight excluding hydrogens is 639 g/mol. The number of para-hydroxylation sites is 1. The fourth-order valence-corrected chi connectivity index (χ4v) is 7.64. The highest BCUT2D eigenvalue weighted by Gasteiger charge is 2.51. The molecule has 2 fully saturated rings. The van der Waals surface area contributed by atoms with Gasteiger partial charge < -0.3 is 19.1 Å². The first-order valence-electron chi connectivity index (χ1n) is 15.5. The van der Waals surface area contributed by atoms with Crippen LogP contribution in [0.1, 0.15) is 58.4 Å². The van der Waals surface area contributed by atoms with Gasteiger partial charge in [-0.15, -0.1) is 0 Å². The Morgan fingerprint density at radius 1 is 1.02 bits per heavy atom. The average molecular weight is 678 g/mol. The smallest absolute Gasteiger partial charge is 0.420 e. The number of halogens is 3. The van der Waals surface area contributed by atoms with Gasteiger partial charge in [-0.3, -0.25) is 9.69 Å². The number of likely N-dealkylation sites (tertiary alicyclic amines) is 1. The first kappa shape index (κ1) is 34.4. The molecule has 0 radical (unpaired) electrons. The third-order valence-electron chi connectivity index (χ3n) is 8.22. The minimum Gasteiger partial charge on any atom is -0.455 e. The number of benzene rings is 2. The van der Waals surface area contributed by atoms with Gasteiger partial charge in [0.15, 0.2) is 9.84 Å². The largest absolute Gasteiger partial charge is 0.455 e. The first-order chi connectivity index (χ1) is 22.1. The zero-order chi connectivity index (χ0) is 34.1. The molecule has 254 valence electrons. The van der Waals surface area contributed by atoms with Crippen LogP contribution in [0, 0.1) is 5.92 Å². The van der Waals surface area contributed by atoms with Crippen LogP contribution in [-0.2, 0) is 27.4 Å². The van der Waals surface area contributed by atoms with Gasteiger partial charge in [0.2, 0.25) is 11.7 Å². The highest BCUT2D eigenvalue weighted by atomic mass is 32.2. The lowest BCUT2D eigenvalue weighted by atomic mass is 10.0. The summed E-state index contributed by atoms with van der Waals surface area (Å²) in [6.07, 6.45) is -1.87. The number of amides is 3. The molecule has 0 unspecified atom stereocenters. The molecule has 0 atom stereocenters. The summed E-state index contributed by atoms with van der Waals surface area (Å²) in [4.78, 5) is 35.3. The first-order valence-corrected chi connectivity index (χ1v) is 17.1. The molecule has 3 aromatic rings. The van der Waals surface area contributed by atoms with Crippen molar-refractivity contribution >= 4 is 21.8 Å². The third-order valence-corrected chi connectivity index (χ3v) is 10.3. The predicted octanol–water partition coefficient (Wildman–Crippen LogP) is 6.01. The van der Waals surface area contributed by atoms with Gasteiger partial charge >= 0.3 is 12.2 Å². The molecule has 0 saturated carbocycles. The van der Waals surface area contributed by atoms with Crippen LogP contribution in [-0.4, -0.2) is 82.7 Å². The van der Waals surface area contributed by atoms with Crippen LogP contribution in [0.2, 0.25) is 0 Å². The van der Waals surface area contributed by atoms with Crippen LogP contribution in [0.15, 0.2) is 51.9 Å². The van der Waals surface area contributed by atoms with Gasteiger partial charge in [-0.1, -0.05) is 31.1 Å². The molecule has 0 aliphatic carbocycles. The minimum atomic E-state index is -4.89. The van der Waals surface area contributed by atoms with E-state index in [-0.39, 0.29) is 46.1 Å². The molecule has 2 saturated heterocycles. The Kier molecular flexibility index (Phi) is 9.69. The third kappa shape index (κ3) is 7.45. The van der Waals surface area contributed by atoms with Crippen LogP contribution in [0.3, 0.4) is 0 Å². The molecule has 2 aromatic carbocycles. The maximum atomic E-state index is 14.2. The van der Waals surface area contributed by atoms with Crippen LogP contribution < -0.4 is 4.74 Å². The Morgan fingerprint density at radius 2 is 1.72 bits per heavy atom. The number of carbonyl (C=O) groups excluding carboxylic acids is 2. The van der Waals surface area contributed by atoms with Crippen molar-refractivity contribution in [1.29, 1.82) is 0 Å². The van der Waals surface area contributed by atoms with Gasteiger partial charge in [-0.05, 0) is 89.0 Å². The van der Waals surface area contributed by atoms with Crippen molar-refractivity contribution in [2.45, 2.75) is 70.1 Å². The highest BCUT2D eigenvalue weighted by molar-refractivity contribution is 7.91. The monoisotopic (exact) mass is 677 g/mol. The normalized spacial score (nSPS) is 17.4. The van der Waals surface area contributed by atoms with E-state index >= 15 is 0 Å². The number of aromatic nitrogens is 2. The number of rotatable bonds is 12. The van der Waals surface area contributed by atoms with Crippen LogP contribution >= 0.6 is 0 Å². The van der Waals surface area contributed by atoms with E-state index in [2.05, 4.69) is 15.0 Å². The molecule has 0 N–H and O–H groups in total. The van der Waals surface area contributed by atoms with Crippen molar-refractivity contribution < 1.29 is 40.4 Å². The lowest BCUT2D eigenvalue weighted by molar-refractivity contribution is -0.138. The number of hydrogen-bond acceptors (Lipinski definition) is 9. The lowest BCUT2D eigenvalue weighted by Gasteiger charge is -2.28. The standard InChI is InChI=1S/C32H38F3N5O6S/c1-21(2)20-47(43,44)26-11-6-5-10-25(26)45-24-13-12-22(18-23(24)32(33,34)35)28-36-27(46-37-28)19-39-29(41)31(3,4)40(30(39)42)17-9-16-38-14-7-8-15-38/h5-6,10-13,18,21H,7-9,14-17,19-20H2,1-4H3. The maximum absolute atomic E-state index is 14.2. The van der Waals surface area contributed by atoms with Crippen molar-refractivity contribution in [2.75, 3.05) is 31.9 Å². The zero-order valence-electron chi connectivity index (χ0n) is 26.7. The van der Waals surface area contributed by atoms with Crippen molar-refractivity contribution in [2.24, 2.45) is 5.92 Å². The summed E-state index contributed by atoms with van der Waals surface area (Å²) in [5.41, 5.74) is -2.34. The molecule has 0 bridgehead atoms. The Labute approximate surface area is 271 Å². The van der Waals surface area contributed by atoms with Gasteiger partial charge in [-0.2, -0.15) is 18.2 Å². The number of carbonyl (C=O) groups is 2. The SMILES string of the molecule is CC(C)CS(=O)(=O)c1ccccc1Oc1ccc(-c2noc(CN3C(=O)N(CCCN4CCCC4)C(C)(C)C3=O)n2)cc1C(F)(F)F. The summed E-state index contributed by atoms with van der Waals surface area (Å²) >= 11 is 0. The quantitative estimate of drug-likeness (QED) is 0.212. The van der Waals surface area contributed by atoms with Crippen molar-refractivity contribution in [3.05, 3.63) is 53.9 Å². The molecule has 47 heavy (non-hydrogen) atoms. The number of urea groups is 1. The summed E-state index contributed by atoms with van der Waals surface area (Å²) in [5.74, 6) is -2.04. The fourth-order valence-electron chi connectivity index (χ4n) is 5.88. The lowest BCUT2D eigenvalue weighted by Crippen LogP contribution is -2.45. The van der Waals surface area contributed by atoms with E-state index in [9.17, 15) is 31.2 Å². The summed E-state index contributed by atoms with van der Waals surface area (Å²) < 4.78 is 79.4. The van der Waals surface area contributed by atoms with E-state index < -0.39 is 44.8 Å². The molecule has 11 nitrogen and oxygen atoms in total. The number of hydrogen-bond donors (Lipinski definition) is 0. The van der Waals surface area contributed by atoms with Crippen molar-refractivity contribution in [1.82, 2.24) is 24.8 Å². The minimum absolute atomic E-state index is 0.0664. The van der Waals surface area contributed by atoms with Crippen LogP contribution in [0.5, 0.6) is 11.5 Å². The molecule has 15 heteroatoms. The molecule has 5 rings (SSSR count). The predicted molar refractivity (Wildman–Crippen MR) is 165 cm³/mol. The Morgan fingerprint density at radius 3 is 2.40 bits per heavy atom. The highest BCUT2D eigenvalue weighted by Crippen LogP contribution is 2.41. The molecule has 2 aliphatic rings. The van der Waals surface area contributed by atoms with E-state index in [0.29, 0.717) is 13.0 Å². The second-order valence-corrected chi connectivity index (χ2v) is 14.7. The summed E-state index contributed by atoms with van der Waals surface area (Å²) in [6, 6.07) is 8.13. The zero-order valence-corrected chi connectivity index (χ0v) is 27.5. The number of nitrogens with zero attached hydrogens (tertiary/aromatic N) is 5. The van der Waals surface area contributed by atoms with E-state index in [1.165, 1.54) is 35.2 Å². The molecule has 3 heterocycles. The Bertz CT molecular complexity index is 1730. The Balaban J connectivity index is 1.34. The molecule has 1 aromatic heterocycles. The number of imide groups is 1. The topological polar surface area (TPSA) is 126 Å². The van der Waals surface area contributed by atoms with E-state index in [1.54, 1.807) is 27.7 Å². The average Bonchev–Trinajstić information content (AvgIpc) is 3.72. The molecule has 2 aliphatic heterocycles. The second-order valence-electron chi connectivity index (χ2n) is 12.7. The Hall–Kier alpha value is -3.98. The van der Waals surface area contributed by atoms with Gasteiger partial charge in [-0.25, -0.2) is 13.2 Å². The van der Waals surface area contributed by atoms with E-state index in [0.717, 1.165) is 49.5 Å².